The van der Waals surface area contributed by atoms with Gasteiger partial charge in [0.2, 0.25) is 0 Å². The molecule has 0 saturated heterocycles. The molecular formula is C31H30F3N3O2. The van der Waals surface area contributed by atoms with Gasteiger partial charge in [-0.1, -0.05) is 72.3 Å². The average Bonchev–Trinajstić information content (AvgIpc) is 2.92. The molecule has 39 heavy (non-hydrogen) atoms. The van der Waals surface area contributed by atoms with Crippen LogP contribution < -0.4 is 15.5 Å². The molecular weight excluding hydrogens is 503 g/mol. The van der Waals surface area contributed by atoms with Crippen LogP contribution in [0, 0.1) is 6.92 Å². The molecule has 0 amide bonds. The van der Waals surface area contributed by atoms with Crippen molar-refractivity contribution in [2.45, 2.75) is 26.1 Å². The van der Waals surface area contributed by atoms with E-state index < -0.39 is 18.6 Å². The van der Waals surface area contributed by atoms with Crippen LogP contribution in [0.3, 0.4) is 0 Å². The first-order valence-electron chi connectivity index (χ1n) is 12.6. The van der Waals surface area contributed by atoms with Crippen molar-refractivity contribution in [3.8, 4) is 11.1 Å². The Kier molecular flexibility index (Phi) is 8.76. The van der Waals surface area contributed by atoms with Gasteiger partial charge in [-0.15, -0.1) is 0 Å². The Morgan fingerprint density at radius 3 is 2.26 bits per heavy atom. The van der Waals surface area contributed by atoms with Crippen molar-refractivity contribution < 1.29 is 23.1 Å². The second-order valence-corrected chi connectivity index (χ2v) is 9.25. The minimum absolute atomic E-state index is 0.146. The lowest BCUT2D eigenvalue weighted by Crippen LogP contribution is -2.29. The number of halogens is 3. The van der Waals surface area contributed by atoms with Crippen LogP contribution in [0.2, 0.25) is 0 Å². The monoisotopic (exact) mass is 533 g/mol. The van der Waals surface area contributed by atoms with Crippen molar-refractivity contribution >= 4 is 23.0 Å². The lowest BCUT2D eigenvalue weighted by molar-refractivity contribution is -0.132. The third-order valence-electron chi connectivity index (χ3n) is 6.31. The molecule has 202 valence electrons. The molecule has 0 aromatic heterocycles. The largest absolute Gasteiger partial charge is 0.478 e. The third kappa shape index (κ3) is 7.77. The van der Waals surface area contributed by atoms with Gasteiger partial charge in [0.05, 0.1) is 30.0 Å². The van der Waals surface area contributed by atoms with Crippen LogP contribution in [0.1, 0.15) is 27.9 Å². The topological polar surface area (TPSA) is 64.6 Å². The molecule has 0 heterocycles. The normalized spacial score (nSPS) is 11.2. The van der Waals surface area contributed by atoms with Crippen molar-refractivity contribution in [1.29, 1.82) is 0 Å². The number of carboxylic acids is 1. The van der Waals surface area contributed by atoms with E-state index in [9.17, 15) is 23.1 Å². The standard InChI is InChI=1S/C31H30F3N3O2/c1-22-11-14-25(15-12-22)35-21-36-28-19-24(26-9-5-6-10-27(26)30(38)39)13-16-29(28)37(18-17-31(32,33)34)20-23-7-3-2-4-8-23/h2-16,19,35-36H,17-18,20-21H2,1H3,(H,38,39). The first kappa shape index (κ1) is 27.6. The molecule has 0 fully saturated rings. The van der Waals surface area contributed by atoms with Gasteiger partial charge >= 0.3 is 12.1 Å². The lowest BCUT2D eigenvalue weighted by atomic mass is 9.98. The van der Waals surface area contributed by atoms with Gasteiger partial charge in [-0.3, -0.25) is 0 Å². The predicted octanol–water partition coefficient (Wildman–Crippen LogP) is 7.80. The molecule has 0 spiro atoms. The number of carboxylic acid groups (broad SMARTS) is 1. The zero-order valence-corrected chi connectivity index (χ0v) is 21.5. The van der Waals surface area contributed by atoms with E-state index in [4.69, 9.17) is 0 Å². The van der Waals surface area contributed by atoms with Gasteiger partial charge in [0.1, 0.15) is 0 Å². The average molecular weight is 534 g/mol. The zero-order chi connectivity index (χ0) is 27.8. The van der Waals surface area contributed by atoms with E-state index in [0.717, 1.165) is 16.8 Å². The molecule has 4 rings (SSSR count). The van der Waals surface area contributed by atoms with E-state index in [-0.39, 0.29) is 18.7 Å². The number of nitrogens with zero attached hydrogens (tertiary/aromatic N) is 1. The molecule has 0 saturated carbocycles. The van der Waals surface area contributed by atoms with Crippen LogP contribution in [0.5, 0.6) is 0 Å². The summed E-state index contributed by atoms with van der Waals surface area (Å²) in [5, 5.41) is 16.3. The highest BCUT2D eigenvalue weighted by atomic mass is 19.4. The Balaban J connectivity index is 1.71. The number of rotatable bonds is 11. The molecule has 4 aromatic carbocycles. The summed E-state index contributed by atoms with van der Waals surface area (Å²) in [6.07, 6.45) is -5.28. The number of aromatic carboxylic acids is 1. The fraction of sp³-hybridized carbons (Fsp3) is 0.194. The van der Waals surface area contributed by atoms with Gasteiger partial charge in [-0.2, -0.15) is 13.2 Å². The van der Waals surface area contributed by atoms with Gasteiger partial charge in [0.25, 0.3) is 0 Å². The molecule has 0 unspecified atom stereocenters. The fourth-order valence-corrected chi connectivity index (χ4v) is 4.31. The third-order valence-corrected chi connectivity index (χ3v) is 6.31. The van der Waals surface area contributed by atoms with E-state index in [1.54, 1.807) is 41.3 Å². The molecule has 5 nitrogen and oxygen atoms in total. The second-order valence-electron chi connectivity index (χ2n) is 9.25. The summed E-state index contributed by atoms with van der Waals surface area (Å²) < 4.78 is 39.9. The summed E-state index contributed by atoms with van der Waals surface area (Å²) >= 11 is 0. The molecule has 0 bridgehead atoms. The Bertz CT molecular complexity index is 1390. The fourth-order valence-electron chi connectivity index (χ4n) is 4.31. The number of benzene rings is 4. The summed E-state index contributed by atoms with van der Waals surface area (Å²) in [6, 6.07) is 29.1. The first-order chi connectivity index (χ1) is 18.7. The number of carbonyl (C=O) groups is 1. The molecule has 0 atom stereocenters. The Morgan fingerprint density at radius 1 is 0.872 bits per heavy atom. The molecule has 0 aliphatic heterocycles. The quantitative estimate of drug-likeness (QED) is 0.172. The highest BCUT2D eigenvalue weighted by Gasteiger charge is 2.28. The van der Waals surface area contributed by atoms with Gasteiger partial charge in [-0.05, 0) is 53.9 Å². The van der Waals surface area contributed by atoms with Crippen molar-refractivity contribution in [1.82, 2.24) is 0 Å². The van der Waals surface area contributed by atoms with Crippen LogP contribution in [0.4, 0.5) is 30.2 Å². The highest BCUT2D eigenvalue weighted by Crippen LogP contribution is 2.35. The second kappa shape index (κ2) is 12.4. The number of nitrogens with one attached hydrogen (secondary N) is 2. The molecule has 0 aliphatic rings. The Labute approximate surface area is 225 Å². The highest BCUT2D eigenvalue weighted by molar-refractivity contribution is 5.96. The first-order valence-corrected chi connectivity index (χ1v) is 12.6. The summed E-state index contributed by atoms with van der Waals surface area (Å²) in [5.74, 6) is -1.05. The minimum atomic E-state index is -4.31. The number of hydrogen-bond acceptors (Lipinski definition) is 4. The summed E-state index contributed by atoms with van der Waals surface area (Å²) in [4.78, 5) is 13.5. The maximum Gasteiger partial charge on any atom is 0.390 e. The van der Waals surface area contributed by atoms with Crippen LogP contribution in [0.15, 0.2) is 97.1 Å². The maximum atomic E-state index is 13.3. The van der Waals surface area contributed by atoms with Gasteiger partial charge in [0, 0.05) is 18.8 Å². The number of aryl methyl sites for hydroxylation is 1. The molecule has 3 N–H and O–H groups in total. The van der Waals surface area contributed by atoms with Crippen LogP contribution in [0.25, 0.3) is 11.1 Å². The van der Waals surface area contributed by atoms with E-state index in [0.29, 0.717) is 29.2 Å². The van der Waals surface area contributed by atoms with Gasteiger partial charge in [-0.25, -0.2) is 4.79 Å². The van der Waals surface area contributed by atoms with E-state index in [1.165, 1.54) is 6.07 Å². The van der Waals surface area contributed by atoms with Crippen LogP contribution >= 0.6 is 0 Å². The smallest absolute Gasteiger partial charge is 0.390 e. The van der Waals surface area contributed by atoms with Crippen molar-refractivity contribution in [2.75, 3.05) is 28.7 Å². The van der Waals surface area contributed by atoms with Crippen LogP contribution in [-0.2, 0) is 6.54 Å². The molecule has 4 aromatic rings. The van der Waals surface area contributed by atoms with E-state index >= 15 is 0 Å². The lowest BCUT2D eigenvalue weighted by Gasteiger charge is -2.29. The maximum absolute atomic E-state index is 13.3. The summed E-state index contributed by atoms with van der Waals surface area (Å²) in [5.41, 5.74) is 5.38. The zero-order valence-electron chi connectivity index (χ0n) is 21.5. The number of alkyl halides is 3. The van der Waals surface area contributed by atoms with Crippen molar-refractivity contribution in [2.24, 2.45) is 0 Å². The predicted molar refractivity (Wildman–Crippen MR) is 150 cm³/mol. The molecule has 8 heteroatoms. The molecule has 0 aliphatic carbocycles. The Hall–Kier alpha value is -4.46. The summed E-state index contributed by atoms with van der Waals surface area (Å²) in [6.45, 7) is 2.35. The Morgan fingerprint density at radius 2 is 1.56 bits per heavy atom. The SMILES string of the molecule is Cc1ccc(NCNc2cc(-c3ccccc3C(=O)O)ccc2N(CCC(F)(F)F)Cc2ccccc2)cc1. The van der Waals surface area contributed by atoms with Crippen molar-refractivity contribution in [3.05, 3.63) is 114 Å². The van der Waals surface area contributed by atoms with Crippen LogP contribution in [-0.4, -0.2) is 30.5 Å². The minimum Gasteiger partial charge on any atom is -0.478 e. The van der Waals surface area contributed by atoms with Gasteiger partial charge in [0.15, 0.2) is 0 Å². The van der Waals surface area contributed by atoms with E-state index in [2.05, 4.69) is 10.6 Å². The van der Waals surface area contributed by atoms with Crippen molar-refractivity contribution in [3.63, 3.8) is 0 Å². The summed E-state index contributed by atoms with van der Waals surface area (Å²) in [7, 11) is 0. The molecule has 0 radical (unpaired) electrons. The number of hydrogen-bond donors (Lipinski definition) is 3. The number of anilines is 3. The van der Waals surface area contributed by atoms with E-state index in [1.807, 2.05) is 61.5 Å². The van der Waals surface area contributed by atoms with Gasteiger partial charge < -0.3 is 20.6 Å².